The van der Waals surface area contributed by atoms with Crippen molar-refractivity contribution in [3.05, 3.63) is 29.8 Å². The fourth-order valence-corrected chi connectivity index (χ4v) is 2.81. The summed E-state index contributed by atoms with van der Waals surface area (Å²) in [6.07, 6.45) is 3.84. The van der Waals surface area contributed by atoms with Crippen LogP contribution >= 0.6 is 0 Å². The highest BCUT2D eigenvalue weighted by Crippen LogP contribution is 2.29. The van der Waals surface area contributed by atoms with Crippen molar-refractivity contribution >= 4 is 17.9 Å². The van der Waals surface area contributed by atoms with Gasteiger partial charge in [0.05, 0.1) is 13.7 Å². The van der Waals surface area contributed by atoms with E-state index in [1.165, 1.54) is 6.08 Å². The minimum absolute atomic E-state index is 0.0891. The molecule has 1 aromatic carbocycles. The zero-order chi connectivity index (χ0) is 19.1. The molecule has 1 unspecified atom stereocenters. The lowest BCUT2D eigenvalue weighted by atomic mass is 10.1. The first-order valence-corrected chi connectivity index (χ1v) is 9.03. The molecule has 0 aromatic heterocycles. The van der Waals surface area contributed by atoms with E-state index in [-0.39, 0.29) is 11.8 Å². The maximum Gasteiger partial charge on any atom is 0.247 e. The van der Waals surface area contributed by atoms with Crippen LogP contribution in [0.3, 0.4) is 0 Å². The Morgan fingerprint density at radius 3 is 2.81 bits per heavy atom. The average molecular weight is 360 g/mol. The van der Waals surface area contributed by atoms with Gasteiger partial charge in [0, 0.05) is 19.2 Å². The smallest absolute Gasteiger partial charge is 0.247 e. The molecule has 142 valence electrons. The van der Waals surface area contributed by atoms with Crippen LogP contribution in [0.2, 0.25) is 0 Å². The van der Waals surface area contributed by atoms with Gasteiger partial charge in [-0.2, -0.15) is 0 Å². The number of nitrogens with one attached hydrogen (secondary N) is 1. The van der Waals surface area contributed by atoms with Crippen molar-refractivity contribution in [1.29, 1.82) is 0 Å². The third-order valence-corrected chi connectivity index (χ3v) is 4.18. The predicted octanol–water partition coefficient (Wildman–Crippen LogP) is 2.48. The van der Waals surface area contributed by atoms with Gasteiger partial charge in [0.25, 0.3) is 0 Å². The number of ether oxygens (including phenoxy) is 2. The Bertz CT molecular complexity index is 670. The molecule has 1 aromatic rings. The van der Waals surface area contributed by atoms with E-state index in [4.69, 9.17) is 9.47 Å². The zero-order valence-electron chi connectivity index (χ0n) is 16.0. The van der Waals surface area contributed by atoms with E-state index in [0.29, 0.717) is 43.5 Å². The minimum Gasteiger partial charge on any atom is -0.493 e. The SMILES string of the molecule is CCC1C(=O)NCCN1C(=O)C=Cc1ccc(OCC(C)C)c(OC)c1. The third kappa shape index (κ3) is 5.00. The van der Waals surface area contributed by atoms with Crippen LogP contribution in [0.15, 0.2) is 24.3 Å². The highest BCUT2D eigenvalue weighted by Gasteiger charge is 2.30. The summed E-state index contributed by atoms with van der Waals surface area (Å²) in [4.78, 5) is 26.0. The molecule has 1 aliphatic rings. The van der Waals surface area contributed by atoms with E-state index in [9.17, 15) is 9.59 Å². The van der Waals surface area contributed by atoms with E-state index in [0.717, 1.165) is 5.56 Å². The van der Waals surface area contributed by atoms with Gasteiger partial charge in [0.1, 0.15) is 6.04 Å². The molecule has 2 rings (SSSR count). The molecule has 1 saturated heterocycles. The molecule has 0 saturated carbocycles. The Morgan fingerprint density at radius 2 is 2.15 bits per heavy atom. The van der Waals surface area contributed by atoms with Crippen molar-refractivity contribution in [3.8, 4) is 11.5 Å². The molecule has 2 amide bonds. The maximum atomic E-state index is 12.5. The number of carbonyl (C=O) groups is 2. The van der Waals surface area contributed by atoms with Crippen LogP contribution in [0, 0.1) is 5.92 Å². The molecular weight excluding hydrogens is 332 g/mol. The van der Waals surface area contributed by atoms with E-state index in [2.05, 4.69) is 19.2 Å². The fraction of sp³-hybridized carbons (Fsp3) is 0.500. The highest BCUT2D eigenvalue weighted by atomic mass is 16.5. The van der Waals surface area contributed by atoms with E-state index in [1.54, 1.807) is 18.1 Å². The van der Waals surface area contributed by atoms with Crippen LogP contribution in [0.5, 0.6) is 11.5 Å². The first kappa shape index (κ1) is 19.8. The molecule has 1 fully saturated rings. The minimum atomic E-state index is -0.401. The van der Waals surface area contributed by atoms with Crippen LogP contribution in [0.4, 0.5) is 0 Å². The molecule has 1 N–H and O–H groups in total. The largest absolute Gasteiger partial charge is 0.493 e. The lowest BCUT2D eigenvalue weighted by molar-refractivity contribution is -0.140. The average Bonchev–Trinajstić information content (AvgIpc) is 2.64. The first-order chi connectivity index (χ1) is 12.5. The monoisotopic (exact) mass is 360 g/mol. The molecule has 1 heterocycles. The molecule has 1 aliphatic heterocycles. The van der Waals surface area contributed by atoms with E-state index in [1.807, 2.05) is 25.1 Å². The lowest BCUT2D eigenvalue weighted by Crippen LogP contribution is -2.56. The van der Waals surface area contributed by atoms with Gasteiger partial charge in [-0.05, 0) is 36.1 Å². The topological polar surface area (TPSA) is 67.9 Å². The van der Waals surface area contributed by atoms with Gasteiger partial charge < -0.3 is 19.7 Å². The van der Waals surface area contributed by atoms with Gasteiger partial charge in [-0.1, -0.05) is 26.8 Å². The molecule has 6 heteroatoms. The second-order valence-corrected chi connectivity index (χ2v) is 6.70. The lowest BCUT2D eigenvalue weighted by Gasteiger charge is -2.33. The summed E-state index contributed by atoms with van der Waals surface area (Å²) in [7, 11) is 1.59. The summed E-state index contributed by atoms with van der Waals surface area (Å²) in [5, 5.41) is 2.80. The van der Waals surface area contributed by atoms with Gasteiger partial charge in [-0.15, -0.1) is 0 Å². The van der Waals surface area contributed by atoms with Crippen LogP contribution in [-0.2, 0) is 9.59 Å². The number of carbonyl (C=O) groups excluding carboxylic acids is 2. The quantitative estimate of drug-likeness (QED) is 0.759. The first-order valence-electron chi connectivity index (χ1n) is 9.03. The standard InChI is InChI=1S/C20H28N2O4/c1-5-16-20(24)21-10-11-22(16)19(23)9-7-15-6-8-17(18(12-15)25-4)26-13-14(2)3/h6-9,12,14,16H,5,10-11,13H2,1-4H3,(H,21,24). The van der Waals surface area contributed by atoms with Gasteiger partial charge >= 0.3 is 0 Å². The Kier molecular flexibility index (Phi) is 7.06. The molecule has 26 heavy (non-hydrogen) atoms. The number of methoxy groups -OCH3 is 1. The van der Waals surface area contributed by atoms with E-state index >= 15 is 0 Å². The van der Waals surface area contributed by atoms with Crippen molar-refractivity contribution in [2.75, 3.05) is 26.8 Å². The molecule has 0 aliphatic carbocycles. The summed E-state index contributed by atoms with van der Waals surface area (Å²) in [5.41, 5.74) is 0.835. The van der Waals surface area contributed by atoms with Crippen LogP contribution in [-0.4, -0.2) is 49.6 Å². The van der Waals surface area contributed by atoms with Gasteiger partial charge in [0.2, 0.25) is 11.8 Å². The fourth-order valence-electron chi connectivity index (χ4n) is 2.81. The molecule has 0 bridgehead atoms. The van der Waals surface area contributed by atoms with Crippen molar-refractivity contribution in [2.24, 2.45) is 5.92 Å². The number of benzene rings is 1. The van der Waals surface area contributed by atoms with E-state index < -0.39 is 6.04 Å². The number of nitrogens with zero attached hydrogens (tertiary/aromatic N) is 1. The van der Waals surface area contributed by atoms with Crippen LogP contribution in [0.25, 0.3) is 6.08 Å². The molecule has 0 spiro atoms. The number of piperazine rings is 1. The van der Waals surface area contributed by atoms with Gasteiger partial charge in [-0.25, -0.2) is 0 Å². The van der Waals surface area contributed by atoms with Crippen LogP contribution < -0.4 is 14.8 Å². The summed E-state index contributed by atoms with van der Waals surface area (Å²) in [6.45, 7) is 7.70. The number of hydrogen-bond donors (Lipinski definition) is 1. The van der Waals surface area contributed by atoms with Crippen LogP contribution in [0.1, 0.15) is 32.8 Å². The summed E-state index contributed by atoms with van der Waals surface area (Å²) in [5.74, 6) is 1.48. The number of amides is 2. The summed E-state index contributed by atoms with van der Waals surface area (Å²) >= 11 is 0. The highest BCUT2D eigenvalue weighted by molar-refractivity contribution is 5.96. The predicted molar refractivity (Wildman–Crippen MR) is 101 cm³/mol. The Balaban J connectivity index is 2.09. The summed E-state index contributed by atoms with van der Waals surface area (Å²) < 4.78 is 11.1. The van der Waals surface area contributed by atoms with Crippen molar-refractivity contribution < 1.29 is 19.1 Å². The Morgan fingerprint density at radius 1 is 1.38 bits per heavy atom. The second-order valence-electron chi connectivity index (χ2n) is 6.70. The third-order valence-electron chi connectivity index (χ3n) is 4.18. The van der Waals surface area contributed by atoms with Gasteiger partial charge in [-0.3, -0.25) is 9.59 Å². The number of rotatable bonds is 7. The molecule has 0 radical (unpaired) electrons. The Labute approximate surface area is 155 Å². The van der Waals surface area contributed by atoms with Crippen molar-refractivity contribution in [1.82, 2.24) is 10.2 Å². The maximum absolute atomic E-state index is 12.5. The normalized spacial score (nSPS) is 17.5. The Hall–Kier alpha value is -2.50. The molecular formula is C20H28N2O4. The zero-order valence-corrected chi connectivity index (χ0v) is 16.0. The summed E-state index contributed by atoms with van der Waals surface area (Å²) in [6, 6.07) is 5.15. The van der Waals surface area contributed by atoms with Crippen molar-refractivity contribution in [3.63, 3.8) is 0 Å². The molecule has 6 nitrogen and oxygen atoms in total. The molecule has 1 atom stereocenters. The van der Waals surface area contributed by atoms with Crippen molar-refractivity contribution in [2.45, 2.75) is 33.2 Å². The number of hydrogen-bond acceptors (Lipinski definition) is 4. The van der Waals surface area contributed by atoms with Gasteiger partial charge in [0.15, 0.2) is 11.5 Å². The second kappa shape index (κ2) is 9.27.